The fraction of sp³-hybridized carbons (Fsp3) is 0.300. The van der Waals surface area contributed by atoms with Crippen LogP contribution in [0, 0.1) is 13.8 Å². The Balaban J connectivity index is 2.00. The number of amides is 1. The van der Waals surface area contributed by atoms with E-state index in [-0.39, 0.29) is 6.42 Å². The highest BCUT2D eigenvalue weighted by Crippen LogP contribution is 2.31. The van der Waals surface area contributed by atoms with Crippen LogP contribution in [0.5, 0.6) is 5.75 Å². The number of halogens is 1. The van der Waals surface area contributed by atoms with E-state index in [0.717, 1.165) is 16.7 Å². The standard InChI is InChI=1S/C20H22ClNO4/c1-12-7-5-6-8-15(12)10-19(23)26-14(3)20(24)22-17-9-13(2)16(21)11-18(17)25-4/h5-9,11,14H,10H2,1-4H3,(H,22,24)/t14-/m1/s1. The summed E-state index contributed by atoms with van der Waals surface area (Å²) in [7, 11) is 1.49. The van der Waals surface area contributed by atoms with Crippen LogP contribution in [0.2, 0.25) is 5.02 Å². The van der Waals surface area contributed by atoms with Gasteiger partial charge in [0.05, 0.1) is 19.2 Å². The first-order chi connectivity index (χ1) is 12.3. The molecule has 0 aliphatic carbocycles. The molecule has 5 nitrogen and oxygen atoms in total. The van der Waals surface area contributed by atoms with Gasteiger partial charge in [0.15, 0.2) is 6.10 Å². The van der Waals surface area contributed by atoms with E-state index in [4.69, 9.17) is 21.1 Å². The van der Waals surface area contributed by atoms with Crippen LogP contribution in [0.3, 0.4) is 0 Å². The quantitative estimate of drug-likeness (QED) is 0.773. The fourth-order valence-electron chi connectivity index (χ4n) is 2.42. The highest BCUT2D eigenvalue weighted by molar-refractivity contribution is 6.31. The number of anilines is 1. The molecule has 0 heterocycles. The van der Waals surface area contributed by atoms with Crippen LogP contribution >= 0.6 is 11.6 Å². The van der Waals surface area contributed by atoms with Gasteiger partial charge < -0.3 is 14.8 Å². The Morgan fingerprint density at radius 1 is 1.15 bits per heavy atom. The third kappa shape index (κ3) is 4.99. The second-order valence-corrected chi connectivity index (χ2v) is 6.43. The second-order valence-electron chi connectivity index (χ2n) is 6.03. The van der Waals surface area contributed by atoms with Gasteiger partial charge in [0.25, 0.3) is 5.91 Å². The van der Waals surface area contributed by atoms with Crippen LogP contribution in [0.25, 0.3) is 0 Å². The van der Waals surface area contributed by atoms with E-state index in [1.807, 2.05) is 38.1 Å². The van der Waals surface area contributed by atoms with Crippen molar-refractivity contribution >= 4 is 29.2 Å². The molecule has 0 aliphatic rings. The van der Waals surface area contributed by atoms with Crippen LogP contribution < -0.4 is 10.1 Å². The average Bonchev–Trinajstić information content (AvgIpc) is 2.59. The molecule has 0 saturated carbocycles. The first kappa shape index (κ1) is 19.8. The molecule has 2 aromatic carbocycles. The number of carbonyl (C=O) groups excluding carboxylic acids is 2. The molecule has 0 unspecified atom stereocenters. The maximum absolute atomic E-state index is 12.4. The summed E-state index contributed by atoms with van der Waals surface area (Å²) in [4.78, 5) is 24.5. The minimum atomic E-state index is -0.938. The normalized spacial score (nSPS) is 11.6. The fourth-order valence-corrected chi connectivity index (χ4v) is 2.57. The highest BCUT2D eigenvalue weighted by atomic mass is 35.5. The van der Waals surface area contributed by atoms with Crippen LogP contribution in [-0.4, -0.2) is 25.1 Å². The van der Waals surface area contributed by atoms with Crippen LogP contribution in [0.1, 0.15) is 23.6 Å². The van der Waals surface area contributed by atoms with Crippen molar-refractivity contribution in [1.82, 2.24) is 0 Å². The lowest BCUT2D eigenvalue weighted by Crippen LogP contribution is -2.30. The number of carbonyl (C=O) groups is 2. The molecule has 138 valence electrons. The lowest BCUT2D eigenvalue weighted by molar-refractivity contribution is -0.152. The lowest BCUT2D eigenvalue weighted by Gasteiger charge is -2.16. The van der Waals surface area contributed by atoms with Crippen molar-refractivity contribution in [2.45, 2.75) is 33.3 Å². The molecule has 1 N–H and O–H groups in total. The molecule has 2 rings (SSSR count). The van der Waals surface area contributed by atoms with Crippen molar-refractivity contribution in [3.8, 4) is 5.75 Å². The number of aryl methyl sites for hydroxylation is 2. The maximum atomic E-state index is 12.4. The van der Waals surface area contributed by atoms with Gasteiger partial charge in [-0.05, 0) is 43.5 Å². The molecule has 0 aromatic heterocycles. The minimum Gasteiger partial charge on any atom is -0.495 e. The molecule has 1 atom stereocenters. The molecule has 0 fully saturated rings. The van der Waals surface area contributed by atoms with Gasteiger partial charge in [-0.1, -0.05) is 35.9 Å². The smallest absolute Gasteiger partial charge is 0.311 e. The summed E-state index contributed by atoms with van der Waals surface area (Å²) in [5.74, 6) is -0.461. The molecule has 0 bridgehead atoms. The SMILES string of the molecule is COc1cc(Cl)c(C)cc1NC(=O)[C@@H](C)OC(=O)Cc1ccccc1C. The zero-order valence-electron chi connectivity index (χ0n) is 15.3. The van der Waals surface area contributed by atoms with Crippen LogP contribution in [0.15, 0.2) is 36.4 Å². The third-order valence-corrected chi connectivity index (χ3v) is 4.42. The first-order valence-corrected chi connectivity index (χ1v) is 8.58. The molecule has 6 heteroatoms. The molecule has 0 aliphatic heterocycles. The van der Waals surface area contributed by atoms with Gasteiger partial charge >= 0.3 is 5.97 Å². The van der Waals surface area contributed by atoms with E-state index in [1.165, 1.54) is 14.0 Å². The largest absolute Gasteiger partial charge is 0.495 e. The summed E-state index contributed by atoms with van der Waals surface area (Å²) in [6.07, 6.45) is -0.819. The molecule has 2 aromatic rings. The molecule has 0 radical (unpaired) electrons. The van der Waals surface area contributed by atoms with Gasteiger partial charge in [-0.25, -0.2) is 0 Å². The first-order valence-electron chi connectivity index (χ1n) is 8.20. The number of benzene rings is 2. The second kappa shape index (κ2) is 8.72. The number of ether oxygens (including phenoxy) is 2. The van der Waals surface area contributed by atoms with Crippen molar-refractivity contribution in [1.29, 1.82) is 0 Å². The van der Waals surface area contributed by atoms with Crippen molar-refractivity contribution < 1.29 is 19.1 Å². The molecule has 26 heavy (non-hydrogen) atoms. The number of hydrogen-bond donors (Lipinski definition) is 1. The molecule has 1 amide bonds. The van der Waals surface area contributed by atoms with E-state index < -0.39 is 18.0 Å². The highest BCUT2D eigenvalue weighted by Gasteiger charge is 2.20. The average molecular weight is 376 g/mol. The zero-order valence-corrected chi connectivity index (χ0v) is 16.0. The topological polar surface area (TPSA) is 64.6 Å². The van der Waals surface area contributed by atoms with E-state index in [0.29, 0.717) is 16.5 Å². The van der Waals surface area contributed by atoms with Crippen molar-refractivity contribution in [2.24, 2.45) is 0 Å². The molecule has 0 spiro atoms. The molecule has 0 saturated heterocycles. The van der Waals surface area contributed by atoms with E-state index in [9.17, 15) is 9.59 Å². The van der Waals surface area contributed by atoms with Gasteiger partial charge in [0.2, 0.25) is 0 Å². The van der Waals surface area contributed by atoms with Gasteiger partial charge in [-0.15, -0.1) is 0 Å². The minimum absolute atomic E-state index is 0.119. The Kier molecular flexibility index (Phi) is 6.64. The third-order valence-electron chi connectivity index (χ3n) is 4.01. The predicted molar refractivity (Wildman–Crippen MR) is 102 cm³/mol. The van der Waals surface area contributed by atoms with Gasteiger partial charge in [0.1, 0.15) is 5.75 Å². The van der Waals surface area contributed by atoms with E-state index in [1.54, 1.807) is 12.1 Å². The summed E-state index contributed by atoms with van der Waals surface area (Å²) in [6, 6.07) is 10.9. The van der Waals surface area contributed by atoms with Crippen molar-refractivity contribution in [3.05, 3.63) is 58.1 Å². The summed E-state index contributed by atoms with van der Waals surface area (Å²) in [6.45, 7) is 5.28. The Labute approximate surface area is 158 Å². The van der Waals surface area contributed by atoms with E-state index in [2.05, 4.69) is 5.32 Å². The number of hydrogen-bond acceptors (Lipinski definition) is 4. The monoisotopic (exact) mass is 375 g/mol. The molecular formula is C20H22ClNO4. The Morgan fingerprint density at radius 2 is 1.85 bits per heavy atom. The lowest BCUT2D eigenvalue weighted by atomic mass is 10.1. The Hall–Kier alpha value is -2.53. The Morgan fingerprint density at radius 3 is 2.50 bits per heavy atom. The van der Waals surface area contributed by atoms with Crippen molar-refractivity contribution in [3.63, 3.8) is 0 Å². The Bertz CT molecular complexity index is 819. The van der Waals surface area contributed by atoms with E-state index >= 15 is 0 Å². The summed E-state index contributed by atoms with van der Waals surface area (Å²) in [5.41, 5.74) is 3.15. The maximum Gasteiger partial charge on any atom is 0.311 e. The number of rotatable bonds is 6. The summed E-state index contributed by atoms with van der Waals surface area (Å²) in [5, 5.41) is 3.25. The predicted octanol–water partition coefficient (Wildman–Crippen LogP) is 4.08. The summed E-state index contributed by atoms with van der Waals surface area (Å²) >= 11 is 6.06. The van der Waals surface area contributed by atoms with Gasteiger partial charge in [-0.2, -0.15) is 0 Å². The number of methoxy groups -OCH3 is 1. The number of esters is 1. The zero-order chi connectivity index (χ0) is 19.3. The number of nitrogens with one attached hydrogen (secondary N) is 1. The summed E-state index contributed by atoms with van der Waals surface area (Å²) < 4.78 is 10.5. The van der Waals surface area contributed by atoms with Crippen molar-refractivity contribution in [2.75, 3.05) is 12.4 Å². The van der Waals surface area contributed by atoms with Gasteiger partial charge in [0, 0.05) is 11.1 Å². The molecular weight excluding hydrogens is 354 g/mol. The van der Waals surface area contributed by atoms with Crippen LogP contribution in [0.4, 0.5) is 5.69 Å². The van der Waals surface area contributed by atoms with Gasteiger partial charge in [-0.3, -0.25) is 9.59 Å². The van der Waals surface area contributed by atoms with Crippen LogP contribution in [-0.2, 0) is 20.7 Å².